The lowest BCUT2D eigenvalue weighted by Crippen LogP contribution is -2.37. The predicted molar refractivity (Wildman–Crippen MR) is 128 cm³/mol. The fraction of sp³-hybridized carbons (Fsp3) is 0.296. The van der Waals surface area contributed by atoms with E-state index in [4.69, 9.17) is 14.2 Å². The number of methoxy groups -OCH3 is 1. The molecule has 0 saturated carbocycles. The zero-order valence-corrected chi connectivity index (χ0v) is 18.8. The highest BCUT2D eigenvalue weighted by molar-refractivity contribution is 5.93. The molecule has 0 bridgehead atoms. The van der Waals surface area contributed by atoms with Crippen LogP contribution in [0.15, 0.2) is 66.7 Å². The summed E-state index contributed by atoms with van der Waals surface area (Å²) in [5, 5.41) is 3.12. The Kier molecular flexibility index (Phi) is 6.17. The normalized spacial score (nSPS) is 15.9. The van der Waals surface area contributed by atoms with Crippen LogP contribution in [0.4, 0.5) is 5.69 Å². The highest BCUT2D eigenvalue weighted by Crippen LogP contribution is 2.36. The maximum Gasteiger partial charge on any atom is 0.231 e. The summed E-state index contributed by atoms with van der Waals surface area (Å²) in [7, 11) is 1.66. The Hall–Kier alpha value is -3.51. The van der Waals surface area contributed by atoms with Gasteiger partial charge in [-0.05, 0) is 67.4 Å². The smallest absolute Gasteiger partial charge is 0.231 e. The van der Waals surface area contributed by atoms with Gasteiger partial charge in [0.05, 0.1) is 7.11 Å². The van der Waals surface area contributed by atoms with Gasteiger partial charge >= 0.3 is 0 Å². The van der Waals surface area contributed by atoms with Gasteiger partial charge < -0.3 is 19.5 Å². The number of carbonyl (C=O) groups is 1. The minimum Gasteiger partial charge on any atom is -0.497 e. The highest BCUT2D eigenvalue weighted by Gasteiger charge is 2.26. The molecular weight excluding hydrogens is 416 g/mol. The SMILES string of the molecule is COc1cccc(-c2cccc(NC(=O)C3CCN(Cc4cccc5c4OCO5)CC3)c2)c1. The van der Waals surface area contributed by atoms with Crippen LogP contribution in [0.25, 0.3) is 11.1 Å². The van der Waals surface area contributed by atoms with E-state index in [0.717, 1.165) is 72.1 Å². The number of hydrogen-bond acceptors (Lipinski definition) is 5. The Bertz CT molecular complexity index is 1140. The van der Waals surface area contributed by atoms with Crippen molar-refractivity contribution < 1.29 is 19.0 Å². The van der Waals surface area contributed by atoms with E-state index in [0.29, 0.717) is 0 Å². The van der Waals surface area contributed by atoms with Gasteiger partial charge in [0.1, 0.15) is 5.75 Å². The van der Waals surface area contributed by atoms with Crippen LogP contribution in [0.5, 0.6) is 17.2 Å². The van der Waals surface area contributed by atoms with Crippen LogP contribution >= 0.6 is 0 Å². The number of nitrogens with zero attached hydrogens (tertiary/aromatic N) is 1. The summed E-state index contributed by atoms with van der Waals surface area (Å²) in [5.74, 6) is 2.59. The fourth-order valence-corrected chi connectivity index (χ4v) is 4.53. The number of hydrogen-bond donors (Lipinski definition) is 1. The molecule has 1 amide bonds. The standard InChI is InChI=1S/C27H28N2O4/c1-31-24-9-3-6-21(16-24)20-5-2-8-23(15-20)28-27(30)19-11-13-29(14-12-19)17-22-7-4-10-25-26(22)33-18-32-25/h2-10,15-16,19H,11-14,17-18H2,1H3,(H,28,30). The summed E-state index contributed by atoms with van der Waals surface area (Å²) >= 11 is 0. The molecule has 2 aliphatic heterocycles. The summed E-state index contributed by atoms with van der Waals surface area (Å²) in [4.78, 5) is 15.3. The number of fused-ring (bicyclic) bond motifs is 1. The third kappa shape index (κ3) is 4.81. The molecule has 2 heterocycles. The van der Waals surface area contributed by atoms with Crippen molar-refractivity contribution in [2.24, 2.45) is 5.92 Å². The number of ether oxygens (including phenoxy) is 3. The first-order chi connectivity index (χ1) is 16.2. The van der Waals surface area contributed by atoms with Crippen LogP contribution in [0, 0.1) is 5.92 Å². The lowest BCUT2D eigenvalue weighted by Gasteiger charge is -2.31. The molecule has 0 unspecified atom stereocenters. The number of likely N-dealkylation sites (tertiary alicyclic amines) is 1. The van der Waals surface area contributed by atoms with Gasteiger partial charge in [0.25, 0.3) is 0 Å². The molecule has 6 heteroatoms. The van der Waals surface area contributed by atoms with Crippen LogP contribution < -0.4 is 19.5 Å². The maximum atomic E-state index is 12.9. The Balaban J connectivity index is 1.18. The van der Waals surface area contributed by atoms with Crippen LogP contribution in [0.2, 0.25) is 0 Å². The van der Waals surface area contributed by atoms with Crippen molar-refractivity contribution in [3.63, 3.8) is 0 Å². The average Bonchev–Trinajstić information content (AvgIpc) is 3.35. The van der Waals surface area contributed by atoms with Crippen molar-refractivity contribution in [2.75, 3.05) is 32.3 Å². The lowest BCUT2D eigenvalue weighted by molar-refractivity contribution is -0.121. The number of rotatable bonds is 6. The highest BCUT2D eigenvalue weighted by atomic mass is 16.7. The van der Waals surface area contributed by atoms with Crippen LogP contribution in [-0.4, -0.2) is 37.8 Å². The molecule has 2 aliphatic rings. The molecule has 0 radical (unpaired) electrons. The summed E-state index contributed by atoms with van der Waals surface area (Å²) in [5.41, 5.74) is 4.06. The molecule has 0 aliphatic carbocycles. The summed E-state index contributed by atoms with van der Waals surface area (Å²) in [6.07, 6.45) is 1.68. The van der Waals surface area contributed by atoms with E-state index in [2.05, 4.69) is 16.3 Å². The molecular formula is C27H28N2O4. The van der Waals surface area contributed by atoms with Crippen molar-refractivity contribution in [1.29, 1.82) is 0 Å². The number of benzene rings is 3. The molecule has 5 rings (SSSR count). The third-order valence-electron chi connectivity index (χ3n) is 6.36. The number of piperidine rings is 1. The van der Waals surface area contributed by atoms with Gasteiger partial charge in [-0.3, -0.25) is 9.69 Å². The fourth-order valence-electron chi connectivity index (χ4n) is 4.53. The molecule has 0 atom stereocenters. The topological polar surface area (TPSA) is 60.0 Å². The van der Waals surface area contributed by atoms with Gasteiger partial charge in [0, 0.05) is 23.7 Å². The minimum atomic E-state index is 0.0165. The van der Waals surface area contributed by atoms with Gasteiger partial charge in [-0.1, -0.05) is 36.4 Å². The number of amides is 1. The van der Waals surface area contributed by atoms with E-state index < -0.39 is 0 Å². The zero-order valence-electron chi connectivity index (χ0n) is 18.8. The van der Waals surface area contributed by atoms with Gasteiger partial charge in [-0.25, -0.2) is 0 Å². The molecule has 0 aromatic heterocycles. The van der Waals surface area contributed by atoms with E-state index in [9.17, 15) is 4.79 Å². The van der Waals surface area contributed by atoms with Gasteiger partial charge in [0.2, 0.25) is 12.7 Å². The molecule has 6 nitrogen and oxygen atoms in total. The van der Waals surface area contributed by atoms with Crippen molar-refractivity contribution in [2.45, 2.75) is 19.4 Å². The van der Waals surface area contributed by atoms with Crippen LogP contribution in [0.1, 0.15) is 18.4 Å². The summed E-state index contributed by atoms with van der Waals surface area (Å²) in [6, 6.07) is 21.9. The predicted octanol–water partition coefficient (Wildman–Crippen LogP) is 4.94. The molecule has 33 heavy (non-hydrogen) atoms. The number of para-hydroxylation sites is 1. The number of nitrogens with one attached hydrogen (secondary N) is 1. The number of carbonyl (C=O) groups excluding carboxylic acids is 1. The maximum absolute atomic E-state index is 12.9. The molecule has 0 spiro atoms. The Labute approximate surface area is 194 Å². The van der Waals surface area contributed by atoms with Gasteiger partial charge in [-0.2, -0.15) is 0 Å². The monoisotopic (exact) mass is 444 g/mol. The Morgan fingerprint density at radius 1 is 1.00 bits per heavy atom. The first-order valence-electron chi connectivity index (χ1n) is 11.3. The second-order valence-corrected chi connectivity index (χ2v) is 8.50. The second-order valence-electron chi connectivity index (χ2n) is 8.50. The van der Waals surface area contributed by atoms with Crippen LogP contribution in [-0.2, 0) is 11.3 Å². The Morgan fingerprint density at radius 3 is 2.58 bits per heavy atom. The van der Waals surface area contributed by atoms with E-state index in [1.165, 1.54) is 0 Å². The Morgan fingerprint density at radius 2 is 1.76 bits per heavy atom. The largest absolute Gasteiger partial charge is 0.497 e. The minimum absolute atomic E-state index is 0.0165. The van der Waals surface area contributed by atoms with Gasteiger partial charge in [-0.15, -0.1) is 0 Å². The van der Waals surface area contributed by atoms with E-state index in [1.54, 1.807) is 7.11 Å². The summed E-state index contributed by atoms with van der Waals surface area (Å²) < 4.78 is 16.4. The molecule has 1 saturated heterocycles. The van der Waals surface area contributed by atoms with Crippen molar-refractivity contribution >= 4 is 11.6 Å². The van der Waals surface area contributed by atoms with E-state index >= 15 is 0 Å². The molecule has 170 valence electrons. The average molecular weight is 445 g/mol. The van der Waals surface area contributed by atoms with Crippen molar-refractivity contribution in [3.8, 4) is 28.4 Å². The van der Waals surface area contributed by atoms with E-state index in [-0.39, 0.29) is 18.6 Å². The third-order valence-corrected chi connectivity index (χ3v) is 6.36. The first kappa shape index (κ1) is 21.3. The second kappa shape index (κ2) is 9.55. The molecule has 1 N–H and O–H groups in total. The number of anilines is 1. The summed E-state index contributed by atoms with van der Waals surface area (Å²) in [6.45, 7) is 2.86. The molecule has 3 aromatic carbocycles. The van der Waals surface area contributed by atoms with Crippen molar-refractivity contribution in [3.05, 3.63) is 72.3 Å². The molecule has 3 aromatic rings. The first-order valence-corrected chi connectivity index (χ1v) is 11.3. The molecule has 1 fully saturated rings. The van der Waals surface area contributed by atoms with Gasteiger partial charge in [0.15, 0.2) is 11.5 Å². The lowest BCUT2D eigenvalue weighted by atomic mass is 9.95. The van der Waals surface area contributed by atoms with Crippen molar-refractivity contribution in [1.82, 2.24) is 4.90 Å². The van der Waals surface area contributed by atoms with Crippen LogP contribution in [0.3, 0.4) is 0 Å². The van der Waals surface area contributed by atoms with E-state index in [1.807, 2.05) is 60.7 Å². The zero-order chi connectivity index (χ0) is 22.6. The quantitative estimate of drug-likeness (QED) is 0.584.